The number of para-hydroxylation sites is 1. The van der Waals surface area contributed by atoms with Crippen LogP contribution in [0.2, 0.25) is 0 Å². The van der Waals surface area contributed by atoms with Crippen LogP contribution in [0.25, 0.3) is 0 Å². The molecule has 138 valence electrons. The second-order valence-electron chi connectivity index (χ2n) is 8.50. The van der Waals surface area contributed by atoms with Crippen molar-refractivity contribution in [2.24, 2.45) is 17.8 Å². The summed E-state index contributed by atoms with van der Waals surface area (Å²) in [4.78, 5) is 30.2. The molecule has 1 aromatic rings. The van der Waals surface area contributed by atoms with Gasteiger partial charge >= 0.3 is 0 Å². The van der Waals surface area contributed by atoms with E-state index in [0.717, 1.165) is 45.4 Å². The Morgan fingerprint density at radius 1 is 1.19 bits per heavy atom. The minimum Gasteiger partial charge on any atom is -0.486 e. The van der Waals surface area contributed by atoms with Crippen molar-refractivity contribution in [2.45, 2.75) is 31.3 Å². The quantitative estimate of drug-likeness (QED) is 0.776. The van der Waals surface area contributed by atoms with Crippen molar-refractivity contribution in [3.8, 4) is 5.75 Å². The summed E-state index contributed by atoms with van der Waals surface area (Å²) >= 11 is 0. The molecule has 1 amide bonds. The van der Waals surface area contributed by atoms with Crippen LogP contribution in [-0.4, -0.2) is 60.3 Å². The number of carbonyl (C=O) groups is 2. The first-order valence-electron chi connectivity index (χ1n) is 9.88. The first-order chi connectivity index (χ1) is 12.6. The number of hydrogen-bond donors (Lipinski definition) is 0. The van der Waals surface area contributed by atoms with Crippen LogP contribution in [-0.2, 0) is 4.79 Å². The van der Waals surface area contributed by atoms with E-state index in [1.54, 1.807) is 0 Å². The number of ketones is 1. The summed E-state index contributed by atoms with van der Waals surface area (Å²) < 4.78 is 6.41. The molecule has 0 aromatic heterocycles. The molecule has 5 nitrogen and oxygen atoms in total. The molecule has 1 spiro atoms. The summed E-state index contributed by atoms with van der Waals surface area (Å²) in [5.41, 5.74) is 0.250. The lowest BCUT2D eigenvalue weighted by Crippen LogP contribution is -2.45. The molecule has 5 rings (SSSR count). The van der Waals surface area contributed by atoms with Gasteiger partial charge in [-0.25, -0.2) is 0 Å². The Hall–Kier alpha value is -1.88. The predicted molar refractivity (Wildman–Crippen MR) is 97.1 cm³/mol. The van der Waals surface area contributed by atoms with Crippen molar-refractivity contribution in [1.82, 2.24) is 9.80 Å². The summed E-state index contributed by atoms with van der Waals surface area (Å²) in [5.74, 6) is 1.85. The Balaban J connectivity index is 1.35. The van der Waals surface area contributed by atoms with Crippen molar-refractivity contribution in [3.05, 3.63) is 29.8 Å². The van der Waals surface area contributed by atoms with Crippen LogP contribution in [0.15, 0.2) is 24.3 Å². The minimum absolute atomic E-state index is 0.0604. The second kappa shape index (κ2) is 5.81. The molecule has 2 aliphatic heterocycles. The van der Waals surface area contributed by atoms with Gasteiger partial charge in [0.1, 0.15) is 11.4 Å². The van der Waals surface area contributed by atoms with Gasteiger partial charge in [-0.1, -0.05) is 12.1 Å². The normalized spacial score (nSPS) is 36.3. The summed E-state index contributed by atoms with van der Waals surface area (Å²) in [7, 11) is 2.12. The number of Topliss-reactive ketones (excluding diaryl/α,β-unsaturated/α-hetero) is 1. The molecule has 1 saturated heterocycles. The zero-order chi connectivity index (χ0) is 17.9. The van der Waals surface area contributed by atoms with E-state index in [-0.39, 0.29) is 17.6 Å². The topological polar surface area (TPSA) is 49.9 Å². The zero-order valence-corrected chi connectivity index (χ0v) is 15.3. The SMILES string of the molecule is CN1CCCN(C(=O)[C@@H]2[C@H]3CC[C@@]4(CC(=O)c5ccccc5O4)[C@@H]32)CC1. The Bertz CT molecular complexity index is 763. The van der Waals surface area contributed by atoms with Crippen molar-refractivity contribution in [1.29, 1.82) is 0 Å². The number of fused-ring (bicyclic) bond motifs is 3. The Kier molecular flexibility index (Phi) is 3.64. The van der Waals surface area contributed by atoms with E-state index < -0.39 is 5.60 Å². The number of amides is 1. The number of hydrogen-bond acceptors (Lipinski definition) is 4. The molecule has 0 radical (unpaired) electrons. The lowest BCUT2D eigenvalue weighted by molar-refractivity contribution is -0.134. The van der Waals surface area contributed by atoms with Gasteiger partial charge in [-0.2, -0.15) is 0 Å². The monoisotopic (exact) mass is 354 g/mol. The van der Waals surface area contributed by atoms with Crippen LogP contribution in [0.4, 0.5) is 0 Å². The molecule has 0 unspecified atom stereocenters. The standard InChI is InChI=1S/C21H26N2O3/c1-22-9-4-10-23(12-11-22)20(25)18-15-7-8-21(19(15)18)13-16(24)14-5-2-3-6-17(14)26-21/h2-3,5-6,15,18-19H,4,7-13H2,1H3/t15-,18-,19+,21-/m1/s1. The van der Waals surface area contributed by atoms with Crippen LogP contribution >= 0.6 is 0 Å². The minimum atomic E-state index is -0.445. The van der Waals surface area contributed by atoms with Gasteiger partial charge in [0.2, 0.25) is 5.91 Å². The van der Waals surface area contributed by atoms with E-state index >= 15 is 0 Å². The van der Waals surface area contributed by atoms with Gasteiger partial charge in [0.15, 0.2) is 5.78 Å². The van der Waals surface area contributed by atoms with Gasteiger partial charge < -0.3 is 14.5 Å². The van der Waals surface area contributed by atoms with Gasteiger partial charge in [-0.3, -0.25) is 9.59 Å². The molecule has 2 aliphatic carbocycles. The van der Waals surface area contributed by atoms with Gasteiger partial charge in [-0.15, -0.1) is 0 Å². The third-order valence-electron chi connectivity index (χ3n) is 6.95. The molecule has 2 saturated carbocycles. The van der Waals surface area contributed by atoms with Gasteiger partial charge in [0.05, 0.1) is 12.0 Å². The molecule has 1 aromatic carbocycles. The average molecular weight is 354 g/mol. The van der Waals surface area contributed by atoms with Gasteiger partial charge in [0, 0.05) is 31.5 Å². The van der Waals surface area contributed by atoms with E-state index in [1.165, 1.54) is 0 Å². The van der Waals surface area contributed by atoms with Crippen molar-refractivity contribution in [3.63, 3.8) is 0 Å². The van der Waals surface area contributed by atoms with E-state index in [2.05, 4.69) is 16.8 Å². The summed E-state index contributed by atoms with van der Waals surface area (Å²) in [5, 5.41) is 0. The van der Waals surface area contributed by atoms with Crippen LogP contribution in [0.3, 0.4) is 0 Å². The fourth-order valence-corrected chi connectivity index (χ4v) is 5.58. The molecular formula is C21H26N2O3. The molecular weight excluding hydrogens is 328 g/mol. The smallest absolute Gasteiger partial charge is 0.226 e. The van der Waals surface area contributed by atoms with Crippen molar-refractivity contribution >= 4 is 11.7 Å². The first kappa shape index (κ1) is 16.3. The maximum atomic E-state index is 13.2. The van der Waals surface area contributed by atoms with E-state index in [1.807, 2.05) is 24.3 Å². The van der Waals surface area contributed by atoms with Crippen LogP contribution < -0.4 is 4.74 Å². The molecule has 5 heteroatoms. The molecule has 2 heterocycles. The highest BCUT2D eigenvalue weighted by Crippen LogP contribution is 2.66. The largest absolute Gasteiger partial charge is 0.486 e. The van der Waals surface area contributed by atoms with Gasteiger partial charge in [0.25, 0.3) is 0 Å². The fraction of sp³-hybridized carbons (Fsp3) is 0.619. The van der Waals surface area contributed by atoms with E-state index in [0.29, 0.717) is 29.6 Å². The molecule has 0 N–H and O–H groups in total. The lowest BCUT2D eigenvalue weighted by Gasteiger charge is -2.37. The predicted octanol–water partition coefficient (Wildman–Crippen LogP) is 2.21. The molecule has 3 fully saturated rings. The number of likely N-dealkylation sites (N-methyl/N-ethyl adjacent to an activating group) is 1. The first-order valence-corrected chi connectivity index (χ1v) is 9.88. The van der Waals surface area contributed by atoms with Gasteiger partial charge in [-0.05, 0) is 50.9 Å². The highest BCUT2D eigenvalue weighted by molar-refractivity contribution is 6.00. The van der Waals surface area contributed by atoms with Crippen molar-refractivity contribution in [2.75, 3.05) is 33.2 Å². The van der Waals surface area contributed by atoms with E-state index in [9.17, 15) is 9.59 Å². The van der Waals surface area contributed by atoms with Crippen LogP contribution in [0, 0.1) is 17.8 Å². The molecule has 4 aliphatic rings. The van der Waals surface area contributed by atoms with Crippen molar-refractivity contribution < 1.29 is 14.3 Å². The third kappa shape index (κ3) is 2.40. The highest BCUT2D eigenvalue weighted by Gasteiger charge is 2.71. The summed E-state index contributed by atoms with van der Waals surface area (Å²) in [6.07, 6.45) is 3.37. The highest BCUT2D eigenvalue weighted by atomic mass is 16.5. The maximum Gasteiger partial charge on any atom is 0.226 e. The number of rotatable bonds is 1. The molecule has 4 atom stereocenters. The maximum absolute atomic E-state index is 13.2. The number of nitrogens with zero attached hydrogens (tertiary/aromatic N) is 2. The Labute approximate surface area is 154 Å². The second-order valence-corrected chi connectivity index (χ2v) is 8.50. The summed E-state index contributed by atoms with van der Waals surface area (Å²) in [6.45, 7) is 3.68. The lowest BCUT2D eigenvalue weighted by atomic mass is 9.84. The van der Waals surface area contributed by atoms with Crippen LogP contribution in [0.1, 0.15) is 36.0 Å². The zero-order valence-electron chi connectivity index (χ0n) is 15.3. The fourth-order valence-electron chi connectivity index (χ4n) is 5.58. The molecule has 0 bridgehead atoms. The average Bonchev–Trinajstić information content (AvgIpc) is 3.33. The number of benzene rings is 1. The van der Waals surface area contributed by atoms with E-state index in [4.69, 9.17) is 4.74 Å². The third-order valence-corrected chi connectivity index (χ3v) is 6.95. The Morgan fingerprint density at radius 3 is 2.92 bits per heavy atom. The van der Waals surface area contributed by atoms with Crippen LogP contribution in [0.5, 0.6) is 5.75 Å². The summed E-state index contributed by atoms with van der Waals surface area (Å²) in [6, 6.07) is 7.54. The molecule has 26 heavy (non-hydrogen) atoms. The Morgan fingerprint density at radius 2 is 2.04 bits per heavy atom. The number of carbonyl (C=O) groups excluding carboxylic acids is 2. The number of ether oxygens (including phenoxy) is 1.